The Balaban J connectivity index is 1.34. The van der Waals surface area contributed by atoms with E-state index in [1.807, 2.05) is 24.3 Å². The second-order valence-electron chi connectivity index (χ2n) is 6.98. The molecule has 7 heteroatoms. The lowest BCUT2D eigenvalue weighted by Crippen LogP contribution is -2.49. The molecular weight excluding hydrogens is 383 g/mol. The SMILES string of the molecule is O=C(Nc1ccc(N2CCN(C(=O)c3ccccc3F)CC2)cc1)c1ccccn1. The summed E-state index contributed by atoms with van der Waals surface area (Å²) in [6.07, 6.45) is 1.58. The van der Waals surface area contributed by atoms with Crippen molar-refractivity contribution in [1.29, 1.82) is 0 Å². The largest absolute Gasteiger partial charge is 0.368 e. The summed E-state index contributed by atoms with van der Waals surface area (Å²) in [6.45, 7) is 2.34. The van der Waals surface area contributed by atoms with Gasteiger partial charge in [0, 0.05) is 43.8 Å². The molecule has 1 aromatic heterocycles. The molecule has 1 aliphatic heterocycles. The van der Waals surface area contributed by atoms with E-state index in [4.69, 9.17) is 0 Å². The minimum Gasteiger partial charge on any atom is -0.368 e. The van der Waals surface area contributed by atoms with E-state index in [1.54, 1.807) is 41.4 Å². The van der Waals surface area contributed by atoms with Crippen molar-refractivity contribution in [3.05, 3.63) is 90.0 Å². The molecule has 0 bridgehead atoms. The van der Waals surface area contributed by atoms with Crippen LogP contribution in [0.4, 0.5) is 15.8 Å². The number of hydrogen-bond donors (Lipinski definition) is 1. The van der Waals surface area contributed by atoms with Gasteiger partial charge in [-0.05, 0) is 48.5 Å². The molecule has 1 N–H and O–H groups in total. The van der Waals surface area contributed by atoms with Crippen LogP contribution in [-0.2, 0) is 0 Å². The summed E-state index contributed by atoms with van der Waals surface area (Å²) in [6, 6.07) is 18.8. The zero-order valence-corrected chi connectivity index (χ0v) is 16.3. The van der Waals surface area contributed by atoms with Crippen LogP contribution in [0.3, 0.4) is 0 Å². The number of benzene rings is 2. The normalized spacial score (nSPS) is 13.8. The number of rotatable bonds is 4. The van der Waals surface area contributed by atoms with E-state index < -0.39 is 5.82 Å². The molecule has 4 rings (SSSR count). The van der Waals surface area contributed by atoms with Gasteiger partial charge in [-0.2, -0.15) is 0 Å². The third-order valence-electron chi connectivity index (χ3n) is 5.06. The molecule has 0 saturated carbocycles. The van der Waals surface area contributed by atoms with Crippen LogP contribution in [0.5, 0.6) is 0 Å². The Morgan fingerprint density at radius 3 is 2.23 bits per heavy atom. The van der Waals surface area contributed by atoms with Gasteiger partial charge in [-0.1, -0.05) is 18.2 Å². The molecule has 152 valence electrons. The van der Waals surface area contributed by atoms with Gasteiger partial charge in [-0.25, -0.2) is 4.39 Å². The molecule has 2 amide bonds. The lowest BCUT2D eigenvalue weighted by atomic mass is 10.1. The maximum atomic E-state index is 13.9. The Morgan fingerprint density at radius 2 is 1.57 bits per heavy atom. The average Bonchev–Trinajstić information content (AvgIpc) is 2.80. The Kier molecular flexibility index (Phi) is 5.70. The quantitative estimate of drug-likeness (QED) is 0.724. The number of piperazine rings is 1. The number of pyridine rings is 1. The summed E-state index contributed by atoms with van der Waals surface area (Å²) in [4.78, 5) is 32.6. The van der Waals surface area contributed by atoms with Crippen LogP contribution in [0, 0.1) is 5.82 Å². The molecule has 2 heterocycles. The van der Waals surface area contributed by atoms with Gasteiger partial charge in [-0.15, -0.1) is 0 Å². The van der Waals surface area contributed by atoms with Gasteiger partial charge in [0.1, 0.15) is 11.5 Å². The van der Waals surface area contributed by atoms with E-state index in [0.29, 0.717) is 37.6 Å². The van der Waals surface area contributed by atoms with Gasteiger partial charge in [0.05, 0.1) is 5.56 Å². The molecule has 2 aromatic carbocycles. The van der Waals surface area contributed by atoms with Crippen molar-refractivity contribution in [2.45, 2.75) is 0 Å². The predicted molar refractivity (Wildman–Crippen MR) is 113 cm³/mol. The highest BCUT2D eigenvalue weighted by atomic mass is 19.1. The van der Waals surface area contributed by atoms with E-state index in [2.05, 4.69) is 15.2 Å². The van der Waals surface area contributed by atoms with Gasteiger partial charge < -0.3 is 15.1 Å². The van der Waals surface area contributed by atoms with Gasteiger partial charge in [-0.3, -0.25) is 14.6 Å². The summed E-state index contributed by atoms with van der Waals surface area (Å²) in [5.74, 6) is -1.03. The first-order chi connectivity index (χ1) is 14.6. The van der Waals surface area contributed by atoms with Crippen molar-refractivity contribution in [2.75, 3.05) is 36.4 Å². The molecule has 0 aliphatic carbocycles. The van der Waals surface area contributed by atoms with Crippen LogP contribution in [0.2, 0.25) is 0 Å². The van der Waals surface area contributed by atoms with E-state index in [-0.39, 0.29) is 17.4 Å². The fourth-order valence-corrected chi connectivity index (χ4v) is 3.42. The maximum absolute atomic E-state index is 13.9. The highest BCUT2D eigenvalue weighted by molar-refractivity contribution is 6.02. The van der Waals surface area contributed by atoms with Crippen LogP contribution in [0.1, 0.15) is 20.8 Å². The van der Waals surface area contributed by atoms with Crippen molar-refractivity contribution in [3.63, 3.8) is 0 Å². The van der Waals surface area contributed by atoms with Crippen LogP contribution in [0.15, 0.2) is 72.9 Å². The van der Waals surface area contributed by atoms with Crippen molar-refractivity contribution in [3.8, 4) is 0 Å². The zero-order valence-electron chi connectivity index (χ0n) is 16.3. The molecule has 1 fully saturated rings. The molecule has 0 spiro atoms. The van der Waals surface area contributed by atoms with Gasteiger partial charge in [0.25, 0.3) is 11.8 Å². The minimum atomic E-state index is -0.492. The van der Waals surface area contributed by atoms with Gasteiger partial charge >= 0.3 is 0 Å². The summed E-state index contributed by atoms with van der Waals surface area (Å²) < 4.78 is 13.9. The number of nitrogens with zero attached hydrogens (tertiary/aromatic N) is 3. The lowest BCUT2D eigenvalue weighted by Gasteiger charge is -2.36. The number of carbonyl (C=O) groups is 2. The van der Waals surface area contributed by atoms with Crippen molar-refractivity contribution < 1.29 is 14.0 Å². The molecule has 1 saturated heterocycles. The first-order valence-electron chi connectivity index (χ1n) is 9.73. The van der Waals surface area contributed by atoms with Crippen LogP contribution >= 0.6 is 0 Å². The smallest absolute Gasteiger partial charge is 0.274 e. The number of halogens is 1. The van der Waals surface area contributed by atoms with Crippen LogP contribution in [-0.4, -0.2) is 47.9 Å². The fraction of sp³-hybridized carbons (Fsp3) is 0.174. The first kappa shape index (κ1) is 19.6. The monoisotopic (exact) mass is 404 g/mol. The van der Waals surface area contributed by atoms with Crippen LogP contribution < -0.4 is 10.2 Å². The number of nitrogens with one attached hydrogen (secondary N) is 1. The molecule has 0 unspecified atom stereocenters. The lowest BCUT2D eigenvalue weighted by molar-refractivity contribution is 0.0742. The van der Waals surface area contributed by atoms with Crippen molar-refractivity contribution in [2.24, 2.45) is 0 Å². The highest BCUT2D eigenvalue weighted by Crippen LogP contribution is 2.21. The van der Waals surface area contributed by atoms with E-state index in [1.165, 1.54) is 12.1 Å². The summed E-state index contributed by atoms with van der Waals surface area (Å²) in [5.41, 5.74) is 2.16. The fourth-order valence-electron chi connectivity index (χ4n) is 3.42. The van der Waals surface area contributed by atoms with Gasteiger partial charge in [0.2, 0.25) is 0 Å². The van der Waals surface area contributed by atoms with E-state index in [9.17, 15) is 14.0 Å². The van der Waals surface area contributed by atoms with Crippen molar-refractivity contribution in [1.82, 2.24) is 9.88 Å². The Labute approximate surface area is 174 Å². The highest BCUT2D eigenvalue weighted by Gasteiger charge is 2.24. The molecule has 0 atom stereocenters. The molecule has 30 heavy (non-hydrogen) atoms. The third-order valence-corrected chi connectivity index (χ3v) is 5.06. The number of carbonyl (C=O) groups excluding carboxylic acids is 2. The third kappa shape index (κ3) is 4.30. The Bertz CT molecular complexity index is 1030. The first-order valence-corrected chi connectivity index (χ1v) is 9.73. The summed E-state index contributed by atoms with van der Waals surface area (Å²) >= 11 is 0. The standard InChI is InChI=1S/C23H21FN4O2/c24-20-6-2-1-5-19(20)23(30)28-15-13-27(14-16-28)18-10-8-17(9-11-18)26-22(29)21-7-3-4-12-25-21/h1-12H,13-16H2,(H,26,29). The van der Waals surface area contributed by atoms with E-state index in [0.717, 1.165) is 5.69 Å². The molecule has 1 aliphatic rings. The van der Waals surface area contributed by atoms with Crippen molar-refractivity contribution >= 4 is 23.2 Å². The number of amides is 2. The molecule has 3 aromatic rings. The Hall–Kier alpha value is -3.74. The topological polar surface area (TPSA) is 65.5 Å². The van der Waals surface area contributed by atoms with Gasteiger partial charge in [0.15, 0.2) is 0 Å². The number of hydrogen-bond acceptors (Lipinski definition) is 4. The number of anilines is 2. The minimum absolute atomic E-state index is 0.110. The maximum Gasteiger partial charge on any atom is 0.274 e. The summed E-state index contributed by atoms with van der Waals surface area (Å²) in [5, 5.41) is 2.83. The second kappa shape index (κ2) is 8.73. The van der Waals surface area contributed by atoms with E-state index >= 15 is 0 Å². The summed E-state index contributed by atoms with van der Waals surface area (Å²) in [7, 11) is 0. The average molecular weight is 404 g/mol. The second-order valence-corrected chi connectivity index (χ2v) is 6.98. The molecular formula is C23H21FN4O2. The molecule has 6 nitrogen and oxygen atoms in total. The predicted octanol–water partition coefficient (Wildman–Crippen LogP) is 3.44. The zero-order chi connectivity index (χ0) is 20.9. The number of aromatic nitrogens is 1. The molecule has 0 radical (unpaired) electrons. The Morgan fingerprint density at radius 1 is 0.867 bits per heavy atom. The van der Waals surface area contributed by atoms with Crippen LogP contribution in [0.25, 0.3) is 0 Å².